The number of sulfonamides is 1. The molecule has 188 valence electrons. The van der Waals surface area contributed by atoms with Crippen molar-refractivity contribution in [2.75, 3.05) is 26.3 Å². The number of hydrogen-bond acceptors (Lipinski definition) is 6. The molecule has 0 radical (unpaired) electrons. The van der Waals surface area contributed by atoms with Crippen LogP contribution in [0.3, 0.4) is 0 Å². The Morgan fingerprint density at radius 1 is 1.15 bits per heavy atom. The van der Waals surface area contributed by atoms with E-state index in [4.69, 9.17) is 9.47 Å². The summed E-state index contributed by atoms with van der Waals surface area (Å²) in [5.74, 6) is 0.168. The van der Waals surface area contributed by atoms with Crippen molar-refractivity contribution < 1.29 is 28.1 Å². The summed E-state index contributed by atoms with van der Waals surface area (Å²) in [6.45, 7) is 13.6. The van der Waals surface area contributed by atoms with Crippen LogP contribution in [0.5, 0.6) is 5.75 Å². The van der Waals surface area contributed by atoms with E-state index in [1.54, 1.807) is 19.1 Å². The van der Waals surface area contributed by atoms with E-state index in [0.717, 1.165) is 19.3 Å². The number of benzene rings is 1. The highest BCUT2D eigenvalue weighted by atomic mass is 32.2. The third-order valence-electron chi connectivity index (χ3n) is 6.89. The van der Waals surface area contributed by atoms with Gasteiger partial charge in [-0.25, -0.2) is 12.7 Å². The van der Waals surface area contributed by atoms with Crippen LogP contribution < -0.4 is 0 Å². The lowest BCUT2D eigenvalue weighted by molar-refractivity contribution is -0.170. The SMILES string of the molecule is CCN1CCC(C(O)c2cc(C(C)(C)C)c(O)c(C(C)(C)COC3CCCCO3)c2)S1(=O)=O. The minimum Gasteiger partial charge on any atom is -0.507 e. The zero-order chi connectivity index (χ0) is 24.6. The largest absolute Gasteiger partial charge is 0.507 e. The van der Waals surface area contributed by atoms with Gasteiger partial charge in [-0.1, -0.05) is 41.5 Å². The summed E-state index contributed by atoms with van der Waals surface area (Å²) in [4.78, 5) is 0. The molecular weight excluding hydrogens is 442 g/mol. The molecule has 0 spiro atoms. The second-order valence-electron chi connectivity index (χ2n) is 11.0. The molecule has 3 atom stereocenters. The molecule has 0 bridgehead atoms. The van der Waals surface area contributed by atoms with Crippen molar-refractivity contribution in [2.45, 2.75) is 95.7 Å². The van der Waals surface area contributed by atoms with Crippen LogP contribution in [0.15, 0.2) is 12.1 Å². The van der Waals surface area contributed by atoms with Crippen LogP contribution in [0.1, 0.15) is 90.0 Å². The van der Waals surface area contributed by atoms with Gasteiger partial charge in [0.25, 0.3) is 0 Å². The van der Waals surface area contributed by atoms with Crippen LogP contribution in [-0.2, 0) is 30.3 Å². The van der Waals surface area contributed by atoms with Gasteiger partial charge in [0.15, 0.2) is 6.29 Å². The van der Waals surface area contributed by atoms with Crippen molar-refractivity contribution in [1.82, 2.24) is 4.31 Å². The van der Waals surface area contributed by atoms with Crippen molar-refractivity contribution >= 4 is 10.0 Å². The first kappa shape index (κ1) is 26.4. The number of nitrogens with zero attached hydrogens (tertiary/aromatic N) is 1. The third-order valence-corrected chi connectivity index (χ3v) is 9.31. The van der Waals surface area contributed by atoms with Crippen LogP contribution in [0, 0.1) is 0 Å². The lowest BCUT2D eigenvalue weighted by atomic mass is 9.77. The molecule has 8 heteroatoms. The second-order valence-corrected chi connectivity index (χ2v) is 13.2. The number of rotatable bonds is 7. The molecule has 3 unspecified atom stereocenters. The van der Waals surface area contributed by atoms with Gasteiger partial charge in [0.1, 0.15) is 11.0 Å². The highest BCUT2D eigenvalue weighted by molar-refractivity contribution is 7.90. The highest BCUT2D eigenvalue weighted by Crippen LogP contribution is 2.43. The lowest BCUT2D eigenvalue weighted by Crippen LogP contribution is -2.33. The highest BCUT2D eigenvalue weighted by Gasteiger charge is 2.43. The Kier molecular flexibility index (Phi) is 7.86. The lowest BCUT2D eigenvalue weighted by Gasteiger charge is -2.33. The molecule has 33 heavy (non-hydrogen) atoms. The Balaban J connectivity index is 1.98. The van der Waals surface area contributed by atoms with Gasteiger partial charge in [-0.3, -0.25) is 0 Å². The van der Waals surface area contributed by atoms with Crippen LogP contribution in [-0.4, -0.2) is 60.8 Å². The van der Waals surface area contributed by atoms with E-state index in [1.807, 2.05) is 34.6 Å². The average molecular weight is 484 g/mol. The summed E-state index contributed by atoms with van der Waals surface area (Å²) >= 11 is 0. The van der Waals surface area contributed by atoms with E-state index < -0.39 is 32.2 Å². The molecule has 2 saturated heterocycles. The monoisotopic (exact) mass is 483 g/mol. The Morgan fingerprint density at radius 3 is 2.36 bits per heavy atom. The van der Waals surface area contributed by atoms with Crippen molar-refractivity contribution in [1.29, 1.82) is 0 Å². The van der Waals surface area contributed by atoms with E-state index in [9.17, 15) is 18.6 Å². The molecule has 1 aromatic rings. The number of phenolic OH excluding ortho intramolecular Hbond substituents is 1. The molecule has 0 amide bonds. The van der Waals surface area contributed by atoms with Crippen molar-refractivity contribution in [3.8, 4) is 5.75 Å². The Labute approximate surface area is 199 Å². The minimum atomic E-state index is -3.58. The predicted molar refractivity (Wildman–Crippen MR) is 129 cm³/mol. The molecule has 0 aromatic heterocycles. The Morgan fingerprint density at radius 2 is 1.82 bits per heavy atom. The van der Waals surface area contributed by atoms with Gasteiger partial charge in [-0.05, 0) is 54.4 Å². The van der Waals surface area contributed by atoms with Crippen molar-refractivity contribution in [2.24, 2.45) is 0 Å². The van der Waals surface area contributed by atoms with Gasteiger partial charge in [0, 0.05) is 30.7 Å². The zero-order valence-electron chi connectivity index (χ0n) is 20.9. The number of phenols is 1. The van der Waals surface area contributed by atoms with Crippen molar-refractivity contribution in [3.63, 3.8) is 0 Å². The van der Waals surface area contributed by atoms with E-state index in [0.29, 0.717) is 49.4 Å². The van der Waals surface area contributed by atoms with Crippen LogP contribution in [0.2, 0.25) is 0 Å². The molecule has 0 aliphatic carbocycles. The van der Waals surface area contributed by atoms with Gasteiger partial charge in [-0.2, -0.15) is 0 Å². The van der Waals surface area contributed by atoms with Crippen LogP contribution in [0.25, 0.3) is 0 Å². The fraction of sp³-hybridized carbons (Fsp3) is 0.760. The number of aromatic hydroxyl groups is 1. The van der Waals surface area contributed by atoms with E-state index in [1.165, 1.54) is 4.31 Å². The summed E-state index contributed by atoms with van der Waals surface area (Å²) in [6, 6.07) is 3.51. The molecule has 2 fully saturated rings. The van der Waals surface area contributed by atoms with E-state index in [-0.39, 0.29) is 12.0 Å². The maximum Gasteiger partial charge on any atom is 0.219 e. The number of hydrogen-bond donors (Lipinski definition) is 2. The molecular formula is C25H41NO6S. The fourth-order valence-corrected chi connectivity index (χ4v) is 6.74. The molecule has 0 saturated carbocycles. The quantitative estimate of drug-likeness (QED) is 0.609. The topological polar surface area (TPSA) is 96.3 Å². The van der Waals surface area contributed by atoms with Gasteiger partial charge >= 0.3 is 0 Å². The zero-order valence-corrected chi connectivity index (χ0v) is 21.7. The van der Waals surface area contributed by atoms with Gasteiger partial charge < -0.3 is 19.7 Å². The van der Waals surface area contributed by atoms with Gasteiger partial charge in [-0.15, -0.1) is 0 Å². The smallest absolute Gasteiger partial charge is 0.219 e. The first-order valence-corrected chi connectivity index (χ1v) is 13.6. The predicted octanol–water partition coefficient (Wildman–Crippen LogP) is 3.97. The van der Waals surface area contributed by atoms with Gasteiger partial charge in [0.05, 0.1) is 12.7 Å². The standard InChI is InChI=1S/C25H41NO6S/c1-7-26-12-11-20(33(26,29)30)22(27)17-14-18(24(2,3)4)23(28)19(15-17)25(5,6)16-32-21-10-8-9-13-31-21/h14-15,20-22,27-28H,7-13,16H2,1-6H3. The molecule has 2 N–H and O–H groups in total. The summed E-state index contributed by atoms with van der Waals surface area (Å²) in [5, 5.41) is 21.6. The molecule has 7 nitrogen and oxygen atoms in total. The van der Waals surface area contributed by atoms with Crippen LogP contribution >= 0.6 is 0 Å². The second kappa shape index (κ2) is 9.82. The van der Waals surface area contributed by atoms with Gasteiger partial charge in [0.2, 0.25) is 10.0 Å². The average Bonchev–Trinajstić information content (AvgIpc) is 3.05. The molecule has 3 rings (SSSR count). The van der Waals surface area contributed by atoms with Crippen molar-refractivity contribution in [3.05, 3.63) is 28.8 Å². The number of aliphatic hydroxyl groups excluding tert-OH is 1. The number of ether oxygens (including phenoxy) is 2. The summed E-state index contributed by atoms with van der Waals surface area (Å²) in [7, 11) is -3.58. The maximum absolute atomic E-state index is 12.9. The minimum absolute atomic E-state index is 0.168. The summed E-state index contributed by atoms with van der Waals surface area (Å²) in [6.07, 6.45) is 1.91. The molecule has 2 heterocycles. The van der Waals surface area contributed by atoms with Crippen LogP contribution in [0.4, 0.5) is 0 Å². The third kappa shape index (κ3) is 5.56. The normalized spacial score (nSPS) is 25.3. The Hall–Kier alpha value is -1.19. The van der Waals surface area contributed by atoms with E-state index >= 15 is 0 Å². The first-order valence-electron chi connectivity index (χ1n) is 12.1. The number of aliphatic hydroxyl groups is 1. The summed E-state index contributed by atoms with van der Waals surface area (Å²) in [5.41, 5.74) is 0.856. The summed E-state index contributed by atoms with van der Waals surface area (Å²) < 4.78 is 39.0. The molecule has 2 aliphatic rings. The maximum atomic E-state index is 12.9. The Bertz CT molecular complexity index is 931. The fourth-order valence-electron chi connectivity index (χ4n) is 4.75. The van der Waals surface area contributed by atoms with E-state index in [2.05, 4.69) is 0 Å². The molecule has 2 aliphatic heterocycles. The first-order chi connectivity index (χ1) is 15.3. The molecule has 1 aromatic carbocycles.